The van der Waals surface area contributed by atoms with E-state index in [1.54, 1.807) is 17.0 Å². The maximum Gasteiger partial charge on any atom is 0.341 e. The second kappa shape index (κ2) is 8.18. The normalized spacial score (nSPS) is 16.1. The van der Waals surface area contributed by atoms with Crippen LogP contribution >= 0.6 is 0 Å². The predicted molar refractivity (Wildman–Crippen MR) is 107 cm³/mol. The van der Waals surface area contributed by atoms with Crippen LogP contribution < -0.4 is 5.56 Å². The molecule has 8 nitrogen and oxygen atoms in total. The summed E-state index contributed by atoms with van der Waals surface area (Å²) in [6.07, 6.45) is 6.30. The van der Waals surface area contributed by atoms with E-state index in [-0.39, 0.29) is 16.8 Å². The highest BCUT2D eigenvalue weighted by Gasteiger charge is 2.22. The Morgan fingerprint density at radius 3 is 2.62 bits per heavy atom. The number of hydrogen-bond donors (Lipinski definition) is 2. The highest BCUT2D eigenvalue weighted by Crippen LogP contribution is 2.24. The Morgan fingerprint density at radius 1 is 1.21 bits per heavy atom. The van der Waals surface area contributed by atoms with E-state index in [0.29, 0.717) is 12.1 Å². The summed E-state index contributed by atoms with van der Waals surface area (Å²) in [7, 11) is 1.29. The number of ether oxygens (including phenoxy) is 1. The number of nitrogens with one attached hydrogen (secondary N) is 1. The van der Waals surface area contributed by atoms with Crippen LogP contribution in [0.1, 0.15) is 41.3 Å². The average molecular weight is 396 g/mol. The minimum atomic E-state index is -0.565. The largest absolute Gasteiger partial charge is 0.465 e. The number of H-pyrrole nitrogens is 1. The number of carbonyl (C=O) groups excluding carboxylic acids is 1. The van der Waals surface area contributed by atoms with Gasteiger partial charge < -0.3 is 19.3 Å². The van der Waals surface area contributed by atoms with Crippen LogP contribution in [0.2, 0.25) is 0 Å². The van der Waals surface area contributed by atoms with Crippen LogP contribution in [0.15, 0.2) is 41.5 Å². The van der Waals surface area contributed by atoms with E-state index < -0.39 is 12.1 Å². The second-order valence-electron chi connectivity index (χ2n) is 7.35. The van der Waals surface area contributed by atoms with Crippen molar-refractivity contribution >= 4 is 5.97 Å². The minimum Gasteiger partial charge on any atom is -0.465 e. The van der Waals surface area contributed by atoms with Crippen molar-refractivity contribution in [1.29, 1.82) is 0 Å². The molecule has 2 N–H and O–H groups in total. The first-order chi connectivity index (χ1) is 14.1. The molecule has 3 aliphatic rings. The van der Waals surface area contributed by atoms with E-state index in [1.165, 1.54) is 26.4 Å². The fraction of sp³-hybridized carbons (Fsp3) is 0.381. The number of methoxy groups -OCH3 is 1. The Morgan fingerprint density at radius 2 is 1.93 bits per heavy atom. The number of piperidine rings is 1. The van der Waals surface area contributed by atoms with Gasteiger partial charge in [-0.15, -0.1) is 0 Å². The Balaban J connectivity index is 1.61. The number of β-amino-alcohol motifs (C(OH)–C–C–N with tert-alkyl or cyclic N) is 1. The standard InChI is InChI=1S/C21H24N4O4/c1-29-21(28)17-12-25(11-16-19(17)22-23-20(16)27)15-7-5-14(6-8-15)18(26)13-24-9-3-2-4-10-24/h5-8,11-12,18,26H,2-4,9-10,13H2,1H3,(H,23,27)/t18-/m1/s1. The number of aromatic nitrogens is 3. The first kappa shape index (κ1) is 19.4. The molecule has 3 aliphatic heterocycles. The SMILES string of the molecule is COC(=O)c1cn(-c2ccc([C@H](O)CN3CCCCC3)cc2)cc2c(=O)[nH]nc1-2. The molecule has 0 amide bonds. The lowest BCUT2D eigenvalue weighted by molar-refractivity contribution is 0.0600. The lowest BCUT2D eigenvalue weighted by Crippen LogP contribution is -2.33. The molecule has 0 aromatic heterocycles. The first-order valence-corrected chi connectivity index (χ1v) is 9.76. The number of likely N-dealkylation sites (tertiary alicyclic amines) is 1. The molecule has 0 unspecified atom stereocenters. The third-order valence-electron chi connectivity index (χ3n) is 5.42. The van der Waals surface area contributed by atoms with Gasteiger partial charge in [-0.25, -0.2) is 9.89 Å². The molecule has 0 saturated carbocycles. The Hall–Kier alpha value is -2.97. The van der Waals surface area contributed by atoms with Crippen molar-refractivity contribution in [2.75, 3.05) is 26.7 Å². The summed E-state index contributed by atoms with van der Waals surface area (Å²) in [5.74, 6) is -0.565. The molecule has 3 heterocycles. The Bertz CT molecular complexity index is 1020. The number of rotatable bonds is 5. The fourth-order valence-corrected chi connectivity index (χ4v) is 3.81. The van der Waals surface area contributed by atoms with Crippen molar-refractivity contribution < 1.29 is 14.6 Å². The number of benzene rings is 1. The summed E-state index contributed by atoms with van der Waals surface area (Å²) < 4.78 is 6.51. The van der Waals surface area contributed by atoms with Crippen molar-refractivity contribution in [3.63, 3.8) is 0 Å². The number of aromatic amines is 1. The molecule has 0 aliphatic carbocycles. The van der Waals surface area contributed by atoms with Gasteiger partial charge in [-0.2, -0.15) is 5.10 Å². The van der Waals surface area contributed by atoms with Crippen molar-refractivity contribution in [1.82, 2.24) is 19.7 Å². The van der Waals surface area contributed by atoms with Crippen LogP contribution in [0.4, 0.5) is 0 Å². The van der Waals surface area contributed by atoms with Gasteiger partial charge in [0.2, 0.25) is 0 Å². The van der Waals surface area contributed by atoms with E-state index in [2.05, 4.69) is 15.1 Å². The molecule has 1 aromatic rings. The van der Waals surface area contributed by atoms with Gasteiger partial charge in [0.15, 0.2) is 0 Å². The van der Waals surface area contributed by atoms with Gasteiger partial charge in [0.25, 0.3) is 5.56 Å². The fourth-order valence-electron chi connectivity index (χ4n) is 3.81. The molecule has 1 atom stereocenters. The van der Waals surface area contributed by atoms with Crippen molar-refractivity contribution in [3.05, 3.63) is 58.1 Å². The van der Waals surface area contributed by atoms with Gasteiger partial charge in [0.1, 0.15) is 11.3 Å². The molecule has 1 fully saturated rings. The van der Waals surface area contributed by atoms with E-state index in [9.17, 15) is 14.7 Å². The molecule has 29 heavy (non-hydrogen) atoms. The first-order valence-electron chi connectivity index (χ1n) is 9.76. The van der Waals surface area contributed by atoms with E-state index in [1.807, 2.05) is 24.3 Å². The lowest BCUT2D eigenvalue weighted by atomic mass is 10.1. The zero-order valence-electron chi connectivity index (χ0n) is 16.3. The van der Waals surface area contributed by atoms with Crippen LogP contribution in [-0.4, -0.2) is 57.5 Å². The number of nitrogens with zero attached hydrogens (tertiary/aromatic N) is 3. The third-order valence-corrected chi connectivity index (χ3v) is 5.42. The highest BCUT2D eigenvalue weighted by molar-refractivity contribution is 5.96. The summed E-state index contributed by atoms with van der Waals surface area (Å²) in [6, 6.07) is 7.44. The summed E-state index contributed by atoms with van der Waals surface area (Å²) in [4.78, 5) is 26.5. The summed E-state index contributed by atoms with van der Waals surface area (Å²) in [5, 5.41) is 16.9. The Labute approximate surface area is 168 Å². The van der Waals surface area contributed by atoms with Gasteiger partial charge in [-0.05, 0) is 43.6 Å². The molecule has 0 radical (unpaired) electrons. The predicted octanol–water partition coefficient (Wildman–Crippen LogP) is 1.97. The molecular weight excluding hydrogens is 372 g/mol. The van der Waals surface area contributed by atoms with E-state index >= 15 is 0 Å². The average Bonchev–Trinajstić information content (AvgIpc) is 3.14. The number of carbonyl (C=O) groups is 1. The van der Waals surface area contributed by atoms with Gasteiger partial charge in [0, 0.05) is 24.6 Å². The zero-order chi connectivity index (χ0) is 20.4. The Kier molecular flexibility index (Phi) is 5.46. The third kappa shape index (κ3) is 3.94. The molecule has 8 heteroatoms. The van der Waals surface area contributed by atoms with E-state index in [0.717, 1.165) is 24.3 Å². The topological polar surface area (TPSA) is 100 Å². The quantitative estimate of drug-likeness (QED) is 0.640. The van der Waals surface area contributed by atoms with Gasteiger partial charge >= 0.3 is 5.97 Å². The second-order valence-corrected chi connectivity index (χ2v) is 7.35. The lowest BCUT2D eigenvalue weighted by Gasteiger charge is -2.28. The van der Waals surface area contributed by atoms with Gasteiger partial charge in [0.05, 0.1) is 18.8 Å². The molecular formula is C21H24N4O4. The van der Waals surface area contributed by atoms with Crippen LogP contribution in [0.3, 0.4) is 0 Å². The highest BCUT2D eigenvalue weighted by atomic mass is 16.5. The summed E-state index contributed by atoms with van der Waals surface area (Å²) in [6.45, 7) is 2.69. The molecule has 1 saturated heterocycles. The molecule has 4 rings (SSSR count). The number of aliphatic hydroxyl groups excluding tert-OH is 1. The van der Waals surface area contributed by atoms with Gasteiger partial charge in [-0.3, -0.25) is 4.79 Å². The molecule has 152 valence electrons. The number of hydrogen-bond acceptors (Lipinski definition) is 6. The number of fused-ring (bicyclic) bond motifs is 1. The van der Waals surface area contributed by atoms with Crippen LogP contribution in [0.5, 0.6) is 0 Å². The van der Waals surface area contributed by atoms with Crippen LogP contribution in [0.25, 0.3) is 16.9 Å². The maximum atomic E-state index is 12.1. The van der Waals surface area contributed by atoms with E-state index in [4.69, 9.17) is 4.74 Å². The van der Waals surface area contributed by atoms with Crippen LogP contribution in [0, 0.1) is 0 Å². The van der Waals surface area contributed by atoms with Gasteiger partial charge in [-0.1, -0.05) is 18.6 Å². The molecule has 1 aromatic carbocycles. The van der Waals surface area contributed by atoms with Crippen molar-refractivity contribution in [2.45, 2.75) is 25.4 Å². The van der Waals surface area contributed by atoms with Crippen molar-refractivity contribution in [2.24, 2.45) is 0 Å². The van der Waals surface area contributed by atoms with Crippen LogP contribution in [-0.2, 0) is 4.74 Å². The summed E-state index contributed by atoms with van der Waals surface area (Å²) in [5.41, 5.74) is 2.02. The number of pyridine rings is 1. The maximum absolute atomic E-state index is 12.1. The zero-order valence-corrected chi connectivity index (χ0v) is 16.3. The summed E-state index contributed by atoms with van der Waals surface area (Å²) >= 11 is 0. The minimum absolute atomic E-state index is 0.206. The number of aliphatic hydroxyl groups is 1. The number of esters is 1. The smallest absolute Gasteiger partial charge is 0.341 e. The molecule has 0 bridgehead atoms. The monoisotopic (exact) mass is 396 g/mol. The van der Waals surface area contributed by atoms with Crippen molar-refractivity contribution in [3.8, 4) is 16.9 Å². The molecule has 0 spiro atoms.